The molecule has 0 unspecified atom stereocenters. The standard InChI is InChI=1S/C17H28O7/c1-11-13-14(12(18)15(19-2)22-11)24-17(8-4-6-10-21-17)16(23-13)7-3-5-9-20-16/h11-15,18H,3-10H2,1-2H3/t11-,12-,13-,14-,15+,16+,17+/m0/s1. The maximum Gasteiger partial charge on any atom is 0.224 e. The van der Waals surface area contributed by atoms with E-state index in [0.717, 1.165) is 32.1 Å². The molecule has 7 nitrogen and oxygen atoms in total. The predicted octanol–water partition coefficient (Wildman–Crippen LogP) is 1.32. The number of ether oxygens (including phenoxy) is 6. The van der Waals surface area contributed by atoms with E-state index in [1.165, 1.54) is 7.11 Å². The smallest absolute Gasteiger partial charge is 0.224 e. The summed E-state index contributed by atoms with van der Waals surface area (Å²) in [6.07, 6.45) is 2.52. The average molecular weight is 344 g/mol. The van der Waals surface area contributed by atoms with Crippen molar-refractivity contribution in [2.24, 2.45) is 0 Å². The van der Waals surface area contributed by atoms with Gasteiger partial charge in [-0.3, -0.25) is 0 Å². The van der Waals surface area contributed by atoms with Crippen LogP contribution >= 0.6 is 0 Å². The lowest BCUT2D eigenvalue weighted by Gasteiger charge is -2.60. The van der Waals surface area contributed by atoms with Crippen molar-refractivity contribution >= 4 is 0 Å². The Morgan fingerprint density at radius 1 is 0.917 bits per heavy atom. The fourth-order valence-electron chi connectivity index (χ4n) is 4.42. The van der Waals surface area contributed by atoms with Gasteiger partial charge >= 0.3 is 0 Å². The molecule has 4 fully saturated rings. The van der Waals surface area contributed by atoms with E-state index < -0.39 is 36.2 Å². The van der Waals surface area contributed by atoms with E-state index in [9.17, 15) is 5.11 Å². The lowest BCUT2D eigenvalue weighted by Crippen LogP contribution is -2.75. The molecule has 0 aromatic heterocycles. The molecule has 0 saturated carbocycles. The molecule has 7 atom stereocenters. The largest absolute Gasteiger partial charge is 0.385 e. The lowest BCUT2D eigenvalue weighted by molar-refractivity contribution is -0.504. The Kier molecular flexibility index (Phi) is 4.62. The molecular weight excluding hydrogens is 316 g/mol. The number of hydrogen-bond acceptors (Lipinski definition) is 7. The van der Waals surface area contributed by atoms with E-state index >= 15 is 0 Å². The fraction of sp³-hybridized carbons (Fsp3) is 1.00. The quantitative estimate of drug-likeness (QED) is 0.769. The second kappa shape index (κ2) is 6.46. The lowest BCUT2D eigenvalue weighted by atomic mass is 9.86. The van der Waals surface area contributed by atoms with Gasteiger partial charge in [0.25, 0.3) is 0 Å². The first kappa shape index (κ1) is 17.1. The van der Waals surface area contributed by atoms with E-state index in [2.05, 4.69) is 0 Å². The molecule has 0 aliphatic carbocycles. The van der Waals surface area contributed by atoms with Crippen molar-refractivity contribution in [1.82, 2.24) is 0 Å². The van der Waals surface area contributed by atoms with Crippen LogP contribution in [0.4, 0.5) is 0 Å². The summed E-state index contributed by atoms with van der Waals surface area (Å²) in [7, 11) is 1.52. The molecule has 2 spiro atoms. The third kappa shape index (κ3) is 2.53. The van der Waals surface area contributed by atoms with Crippen LogP contribution in [0.15, 0.2) is 0 Å². The Balaban J connectivity index is 1.67. The Morgan fingerprint density at radius 3 is 2.00 bits per heavy atom. The summed E-state index contributed by atoms with van der Waals surface area (Å²) in [4.78, 5) is 0. The summed E-state index contributed by atoms with van der Waals surface area (Å²) < 4.78 is 36.2. The van der Waals surface area contributed by atoms with Crippen LogP contribution in [0, 0.1) is 0 Å². The van der Waals surface area contributed by atoms with Crippen LogP contribution in [0.25, 0.3) is 0 Å². The Hall–Kier alpha value is -0.280. The van der Waals surface area contributed by atoms with Gasteiger partial charge in [-0.05, 0) is 32.6 Å². The number of fused-ring (bicyclic) bond motifs is 2. The summed E-state index contributed by atoms with van der Waals surface area (Å²) in [6, 6.07) is 0. The third-order valence-electron chi connectivity index (χ3n) is 5.69. The van der Waals surface area contributed by atoms with Crippen LogP contribution < -0.4 is 0 Å². The average Bonchev–Trinajstić information content (AvgIpc) is 2.62. The van der Waals surface area contributed by atoms with Gasteiger partial charge in [-0.2, -0.15) is 0 Å². The molecule has 0 bridgehead atoms. The summed E-state index contributed by atoms with van der Waals surface area (Å²) in [5, 5.41) is 10.6. The fourth-order valence-corrected chi connectivity index (χ4v) is 4.42. The van der Waals surface area contributed by atoms with E-state index in [-0.39, 0.29) is 6.10 Å². The van der Waals surface area contributed by atoms with Gasteiger partial charge in [0.15, 0.2) is 6.29 Å². The number of aliphatic hydroxyl groups is 1. The zero-order valence-electron chi connectivity index (χ0n) is 14.4. The van der Waals surface area contributed by atoms with Crippen molar-refractivity contribution in [3.8, 4) is 0 Å². The minimum Gasteiger partial charge on any atom is -0.385 e. The van der Waals surface area contributed by atoms with Crippen molar-refractivity contribution in [2.45, 2.75) is 87.7 Å². The number of rotatable bonds is 1. The second-order valence-electron chi connectivity index (χ2n) is 7.22. The first-order valence-corrected chi connectivity index (χ1v) is 9.11. The first-order chi connectivity index (χ1) is 11.6. The molecule has 4 saturated heterocycles. The van der Waals surface area contributed by atoms with Crippen molar-refractivity contribution in [3.05, 3.63) is 0 Å². The minimum absolute atomic E-state index is 0.272. The molecule has 1 N–H and O–H groups in total. The SMILES string of the molecule is CO[C@@H]1O[C@@H](C)[C@@H]2O[C@]3(CCCCO3)[C@@]3(CCCCO3)O[C@H]2[C@@H]1O. The van der Waals surface area contributed by atoms with Gasteiger partial charge in [0.05, 0.1) is 19.3 Å². The maximum absolute atomic E-state index is 10.6. The number of hydrogen-bond donors (Lipinski definition) is 1. The Morgan fingerprint density at radius 2 is 1.50 bits per heavy atom. The third-order valence-corrected chi connectivity index (χ3v) is 5.69. The first-order valence-electron chi connectivity index (χ1n) is 9.11. The van der Waals surface area contributed by atoms with Crippen LogP contribution in [0.5, 0.6) is 0 Å². The number of methoxy groups -OCH3 is 1. The van der Waals surface area contributed by atoms with Gasteiger partial charge in [0.1, 0.15) is 18.3 Å². The topological polar surface area (TPSA) is 75.6 Å². The van der Waals surface area contributed by atoms with Crippen molar-refractivity contribution < 1.29 is 33.5 Å². The van der Waals surface area contributed by atoms with E-state index in [1.807, 2.05) is 6.92 Å². The molecule has 0 amide bonds. The zero-order chi connectivity index (χ0) is 16.8. The van der Waals surface area contributed by atoms with E-state index in [1.54, 1.807) is 0 Å². The molecule has 0 aromatic carbocycles. The summed E-state index contributed by atoms with van der Waals surface area (Å²) in [6.45, 7) is 3.15. The van der Waals surface area contributed by atoms with E-state index in [4.69, 9.17) is 28.4 Å². The predicted molar refractivity (Wildman–Crippen MR) is 82.2 cm³/mol. The monoisotopic (exact) mass is 344 g/mol. The molecule has 24 heavy (non-hydrogen) atoms. The Bertz CT molecular complexity index is 444. The van der Waals surface area contributed by atoms with Crippen molar-refractivity contribution in [2.75, 3.05) is 20.3 Å². The number of aliphatic hydroxyl groups excluding tert-OH is 1. The maximum atomic E-state index is 10.6. The van der Waals surface area contributed by atoms with Crippen LogP contribution in [0.3, 0.4) is 0 Å². The highest BCUT2D eigenvalue weighted by Gasteiger charge is 2.66. The molecule has 4 rings (SSSR count). The molecule has 4 aliphatic rings. The van der Waals surface area contributed by atoms with Crippen LogP contribution in [0.2, 0.25) is 0 Å². The molecule has 4 aliphatic heterocycles. The van der Waals surface area contributed by atoms with Gasteiger partial charge in [0, 0.05) is 20.0 Å². The minimum atomic E-state index is -0.955. The normalized spacial score (nSPS) is 52.4. The van der Waals surface area contributed by atoms with Crippen LogP contribution in [-0.2, 0) is 28.4 Å². The molecule has 7 heteroatoms. The van der Waals surface area contributed by atoms with Crippen molar-refractivity contribution in [3.63, 3.8) is 0 Å². The summed E-state index contributed by atoms with van der Waals surface area (Å²) in [5.74, 6) is -1.87. The molecular formula is C17H28O7. The highest BCUT2D eigenvalue weighted by atomic mass is 16.8. The van der Waals surface area contributed by atoms with Gasteiger partial charge in [-0.25, -0.2) is 0 Å². The van der Waals surface area contributed by atoms with Gasteiger partial charge in [-0.1, -0.05) is 0 Å². The van der Waals surface area contributed by atoms with Gasteiger partial charge in [-0.15, -0.1) is 0 Å². The molecule has 138 valence electrons. The Labute approximate surface area is 142 Å². The zero-order valence-corrected chi connectivity index (χ0v) is 14.4. The van der Waals surface area contributed by atoms with Crippen LogP contribution in [0.1, 0.15) is 45.4 Å². The highest BCUT2D eigenvalue weighted by Crippen LogP contribution is 2.51. The summed E-state index contributed by atoms with van der Waals surface area (Å²) >= 11 is 0. The second-order valence-corrected chi connectivity index (χ2v) is 7.22. The molecule has 0 radical (unpaired) electrons. The van der Waals surface area contributed by atoms with E-state index in [0.29, 0.717) is 19.6 Å². The molecule has 4 heterocycles. The molecule has 0 aromatic rings. The van der Waals surface area contributed by atoms with Crippen LogP contribution in [-0.4, -0.2) is 67.7 Å². The van der Waals surface area contributed by atoms with Gasteiger partial charge in [0.2, 0.25) is 11.6 Å². The van der Waals surface area contributed by atoms with Crippen molar-refractivity contribution in [1.29, 1.82) is 0 Å². The highest BCUT2D eigenvalue weighted by molar-refractivity contribution is 5.03. The summed E-state index contributed by atoms with van der Waals surface area (Å²) in [5.41, 5.74) is 0. The van der Waals surface area contributed by atoms with Gasteiger partial charge < -0.3 is 33.5 Å².